The fraction of sp³-hybridized carbons (Fsp3) is 0.517. The Morgan fingerprint density at radius 2 is 1.67 bits per heavy atom. The predicted octanol–water partition coefficient (Wildman–Crippen LogP) is 3.69. The zero-order valence-electron chi connectivity index (χ0n) is 22.0. The Bertz CT molecular complexity index is 900. The summed E-state index contributed by atoms with van der Waals surface area (Å²) in [6, 6.07) is 17.2. The average Bonchev–Trinajstić information content (AvgIpc) is 2.88. The van der Waals surface area contributed by atoms with Crippen molar-refractivity contribution in [3.63, 3.8) is 0 Å². The standard InChI is InChI=1S/C29H43N3O4/c1-4-17-32(18-5-2)29(35)16-10-15-28(34)31-26(20-23-11-7-6-8-12-23)27(33)22-30-21-24-13-9-14-25(19-24)36-3/h6-9,11-14,19,26-27,30,33H,4-5,10,15-18,20-22H2,1-3H3,(H,31,34)/t26-,27+/m0/s1. The van der Waals surface area contributed by atoms with Crippen molar-refractivity contribution in [3.05, 3.63) is 65.7 Å². The number of amides is 2. The lowest BCUT2D eigenvalue weighted by Gasteiger charge is -2.25. The van der Waals surface area contributed by atoms with Crippen molar-refractivity contribution >= 4 is 11.8 Å². The van der Waals surface area contributed by atoms with Gasteiger partial charge in [0.1, 0.15) is 5.75 Å². The minimum atomic E-state index is -0.772. The van der Waals surface area contributed by atoms with E-state index in [1.807, 2.05) is 59.5 Å². The van der Waals surface area contributed by atoms with Crippen LogP contribution in [0.25, 0.3) is 0 Å². The second-order valence-electron chi connectivity index (χ2n) is 9.15. The molecule has 0 aliphatic heterocycles. The molecule has 2 aromatic rings. The number of aliphatic hydroxyl groups excluding tert-OH is 1. The van der Waals surface area contributed by atoms with Crippen LogP contribution in [-0.2, 0) is 22.6 Å². The maximum Gasteiger partial charge on any atom is 0.222 e. The number of ether oxygens (including phenoxy) is 1. The van der Waals surface area contributed by atoms with Gasteiger partial charge < -0.3 is 25.4 Å². The van der Waals surface area contributed by atoms with E-state index in [2.05, 4.69) is 24.5 Å². The van der Waals surface area contributed by atoms with Crippen molar-refractivity contribution in [2.24, 2.45) is 0 Å². The molecule has 0 bridgehead atoms. The van der Waals surface area contributed by atoms with E-state index < -0.39 is 12.1 Å². The first-order valence-corrected chi connectivity index (χ1v) is 13.1. The lowest BCUT2D eigenvalue weighted by molar-refractivity contribution is -0.131. The molecular weight excluding hydrogens is 454 g/mol. The van der Waals surface area contributed by atoms with Gasteiger partial charge in [0.25, 0.3) is 0 Å². The molecule has 3 N–H and O–H groups in total. The molecule has 2 aromatic carbocycles. The minimum Gasteiger partial charge on any atom is -0.497 e. The third-order valence-electron chi connectivity index (χ3n) is 6.06. The zero-order chi connectivity index (χ0) is 26.2. The van der Waals surface area contributed by atoms with E-state index >= 15 is 0 Å². The molecular formula is C29H43N3O4. The van der Waals surface area contributed by atoms with Gasteiger partial charge in [-0.2, -0.15) is 0 Å². The summed E-state index contributed by atoms with van der Waals surface area (Å²) in [5.74, 6) is 0.747. The zero-order valence-corrected chi connectivity index (χ0v) is 22.0. The number of hydrogen-bond donors (Lipinski definition) is 3. The van der Waals surface area contributed by atoms with Gasteiger partial charge in [0.15, 0.2) is 0 Å². The summed E-state index contributed by atoms with van der Waals surface area (Å²) < 4.78 is 5.27. The molecule has 36 heavy (non-hydrogen) atoms. The Kier molecular flexibility index (Phi) is 13.6. The largest absolute Gasteiger partial charge is 0.497 e. The first kappa shape index (κ1) is 29.3. The Balaban J connectivity index is 1.89. The van der Waals surface area contributed by atoms with Crippen molar-refractivity contribution in [3.8, 4) is 5.75 Å². The van der Waals surface area contributed by atoms with Crippen LogP contribution in [0.15, 0.2) is 54.6 Å². The van der Waals surface area contributed by atoms with Crippen LogP contribution in [0.2, 0.25) is 0 Å². The molecule has 2 atom stereocenters. The van der Waals surface area contributed by atoms with E-state index in [-0.39, 0.29) is 18.2 Å². The van der Waals surface area contributed by atoms with Gasteiger partial charge in [0, 0.05) is 39.0 Å². The van der Waals surface area contributed by atoms with Crippen molar-refractivity contribution in [1.29, 1.82) is 0 Å². The molecule has 0 spiro atoms. The average molecular weight is 498 g/mol. The number of methoxy groups -OCH3 is 1. The van der Waals surface area contributed by atoms with Gasteiger partial charge in [-0.05, 0) is 48.9 Å². The number of benzene rings is 2. The van der Waals surface area contributed by atoms with E-state index in [0.717, 1.165) is 42.8 Å². The first-order valence-electron chi connectivity index (χ1n) is 13.1. The highest BCUT2D eigenvalue weighted by atomic mass is 16.5. The number of rotatable bonds is 17. The maximum atomic E-state index is 12.7. The van der Waals surface area contributed by atoms with Crippen LogP contribution in [0.1, 0.15) is 57.1 Å². The highest BCUT2D eigenvalue weighted by Gasteiger charge is 2.22. The summed E-state index contributed by atoms with van der Waals surface area (Å²) in [6.07, 6.45) is 2.72. The highest BCUT2D eigenvalue weighted by Crippen LogP contribution is 2.13. The van der Waals surface area contributed by atoms with E-state index in [4.69, 9.17) is 4.74 Å². The number of nitrogens with one attached hydrogen (secondary N) is 2. The Labute approximate surface area is 216 Å². The first-order chi connectivity index (χ1) is 17.5. The van der Waals surface area contributed by atoms with Crippen molar-refractivity contribution in [1.82, 2.24) is 15.5 Å². The fourth-order valence-electron chi connectivity index (χ4n) is 4.18. The molecule has 0 saturated carbocycles. The SMILES string of the molecule is CCCN(CCC)C(=O)CCCC(=O)N[C@@H](Cc1ccccc1)[C@H](O)CNCc1cccc(OC)c1. The van der Waals surface area contributed by atoms with Gasteiger partial charge in [-0.15, -0.1) is 0 Å². The molecule has 0 unspecified atom stereocenters. The monoisotopic (exact) mass is 497 g/mol. The molecule has 0 aliphatic carbocycles. The van der Waals surface area contributed by atoms with Crippen molar-refractivity contribution < 1.29 is 19.4 Å². The lowest BCUT2D eigenvalue weighted by atomic mass is 10.0. The molecule has 0 saturated heterocycles. The maximum absolute atomic E-state index is 12.7. The molecule has 0 fully saturated rings. The third kappa shape index (κ3) is 10.8. The summed E-state index contributed by atoms with van der Waals surface area (Å²) in [4.78, 5) is 27.1. The molecule has 2 rings (SSSR count). The van der Waals surface area contributed by atoms with Gasteiger partial charge in [-0.3, -0.25) is 9.59 Å². The molecule has 0 radical (unpaired) electrons. The third-order valence-corrected chi connectivity index (χ3v) is 6.06. The number of carbonyl (C=O) groups excluding carboxylic acids is 2. The summed E-state index contributed by atoms with van der Waals surface area (Å²) >= 11 is 0. The van der Waals surface area contributed by atoms with Gasteiger partial charge in [-0.25, -0.2) is 0 Å². The smallest absolute Gasteiger partial charge is 0.222 e. The number of aliphatic hydroxyl groups is 1. The van der Waals surface area contributed by atoms with E-state index in [1.54, 1.807) is 7.11 Å². The second kappa shape index (κ2) is 16.7. The van der Waals surface area contributed by atoms with Crippen LogP contribution < -0.4 is 15.4 Å². The molecule has 2 amide bonds. The number of carbonyl (C=O) groups is 2. The van der Waals surface area contributed by atoms with Crippen LogP contribution in [0.4, 0.5) is 0 Å². The highest BCUT2D eigenvalue weighted by molar-refractivity contribution is 5.79. The topological polar surface area (TPSA) is 90.9 Å². The van der Waals surface area contributed by atoms with Crippen LogP contribution in [0.5, 0.6) is 5.75 Å². The summed E-state index contributed by atoms with van der Waals surface area (Å²) in [6.45, 7) is 6.55. The van der Waals surface area contributed by atoms with Gasteiger partial charge in [-0.1, -0.05) is 56.3 Å². The Hall–Kier alpha value is -2.90. The van der Waals surface area contributed by atoms with E-state index in [1.165, 1.54) is 0 Å². The van der Waals surface area contributed by atoms with Crippen molar-refractivity contribution in [2.45, 2.75) is 71.1 Å². The summed E-state index contributed by atoms with van der Waals surface area (Å²) in [5.41, 5.74) is 2.09. The fourth-order valence-corrected chi connectivity index (χ4v) is 4.18. The van der Waals surface area contributed by atoms with Crippen LogP contribution >= 0.6 is 0 Å². The number of hydrogen-bond acceptors (Lipinski definition) is 5. The van der Waals surface area contributed by atoms with Crippen LogP contribution in [0.3, 0.4) is 0 Å². The van der Waals surface area contributed by atoms with Crippen LogP contribution in [0, 0.1) is 0 Å². The predicted molar refractivity (Wildman–Crippen MR) is 144 cm³/mol. The second-order valence-corrected chi connectivity index (χ2v) is 9.15. The lowest BCUT2D eigenvalue weighted by Crippen LogP contribution is -2.48. The molecule has 7 nitrogen and oxygen atoms in total. The van der Waals surface area contributed by atoms with E-state index in [0.29, 0.717) is 32.4 Å². The molecule has 0 heterocycles. The van der Waals surface area contributed by atoms with Gasteiger partial charge in [0.05, 0.1) is 19.3 Å². The normalized spacial score (nSPS) is 12.6. The summed E-state index contributed by atoms with van der Waals surface area (Å²) in [5, 5.41) is 17.2. The van der Waals surface area contributed by atoms with E-state index in [9.17, 15) is 14.7 Å². The van der Waals surface area contributed by atoms with Gasteiger partial charge >= 0.3 is 0 Å². The number of nitrogens with zero attached hydrogens (tertiary/aromatic N) is 1. The van der Waals surface area contributed by atoms with Crippen LogP contribution in [-0.4, -0.2) is 60.7 Å². The Morgan fingerprint density at radius 3 is 2.33 bits per heavy atom. The quantitative estimate of drug-likeness (QED) is 0.310. The summed E-state index contributed by atoms with van der Waals surface area (Å²) in [7, 11) is 1.63. The molecule has 0 aliphatic rings. The minimum absolute atomic E-state index is 0.106. The molecule has 7 heteroatoms. The van der Waals surface area contributed by atoms with Crippen molar-refractivity contribution in [2.75, 3.05) is 26.7 Å². The molecule has 198 valence electrons. The van der Waals surface area contributed by atoms with Gasteiger partial charge in [0.2, 0.25) is 11.8 Å². The molecule has 0 aromatic heterocycles. The Morgan fingerprint density at radius 1 is 0.972 bits per heavy atom.